The molecular formula is C12H11FN2O3. The highest BCUT2D eigenvalue weighted by Gasteiger charge is 2.10. The first-order valence-corrected chi connectivity index (χ1v) is 5.26. The molecule has 5 nitrogen and oxygen atoms in total. The fourth-order valence-corrected chi connectivity index (χ4v) is 1.58. The van der Waals surface area contributed by atoms with E-state index in [0.717, 1.165) is 4.57 Å². The molecule has 0 aliphatic rings. The molecular weight excluding hydrogens is 239 g/mol. The molecule has 1 heterocycles. The average Bonchev–Trinajstić information content (AvgIpc) is 2.34. The first-order valence-electron chi connectivity index (χ1n) is 5.26. The maximum absolute atomic E-state index is 12.7. The van der Waals surface area contributed by atoms with Crippen molar-refractivity contribution in [2.75, 3.05) is 0 Å². The summed E-state index contributed by atoms with van der Waals surface area (Å²) in [4.78, 5) is 24.9. The lowest BCUT2D eigenvalue weighted by molar-refractivity contribution is 0.404. The van der Waals surface area contributed by atoms with Crippen LogP contribution in [0.5, 0.6) is 5.88 Å². The van der Waals surface area contributed by atoms with E-state index >= 15 is 0 Å². The molecule has 1 aromatic carbocycles. The SMILES string of the molecule is Cc1c(O)n(Cc2ccc(F)cc2)c(=O)[nH]c1=O. The Balaban J connectivity index is 2.47. The fourth-order valence-electron chi connectivity index (χ4n) is 1.58. The van der Waals surface area contributed by atoms with Gasteiger partial charge < -0.3 is 5.11 Å². The van der Waals surface area contributed by atoms with Crippen LogP contribution in [0.15, 0.2) is 33.9 Å². The number of benzene rings is 1. The Bertz CT molecular complexity index is 686. The molecule has 0 aliphatic heterocycles. The molecule has 1 aromatic heterocycles. The van der Waals surface area contributed by atoms with E-state index in [4.69, 9.17) is 0 Å². The third-order valence-electron chi connectivity index (χ3n) is 2.65. The van der Waals surface area contributed by atoms with Crippen LogP contribution in [0.4, 0.5) is 4.39 Å². The van der Waals surface area contributed by atoms with Gasteiger partial charge in [0, 0.05) is 0 Å². The maximum atomic E-state index is 12.7. The molecule has 0 unspecified atom stereocenters. The predicted octanol–water partition coefficient (Wildman–Crippen LogP) is 0.738. The molecule has 0 radical (unpaired) electrons. The first-order chi connectivity index (χ1) is 8.49. The van der Waals surface area contributed by atoms with Crippen molar-refractivity contribution in [3.8, 4) is 5.88 Å². The molecule has 2 aromatic rings. The third-order valence-corrected chi connectivity index (χ3v) is 2.65. The number of nitrogens with zero attached hydrogens (tertiary/aromatic N) is 1. The maximum Gasteiger partial charge on any atom is 0.331 e. The lowest BCUT2D eigenvalue weighted by Crippen LogP contribution is -2.31. The standard InChI is InChI=1S/C12H11FN2O3/c1-7-10(16)14-12(18)15(11(7)17)6-8-2-4-9(13)5-3-8/h2-5,17H,6H2,1H3,(H,14,16,18). The van der Waals surface area contributed by atoms with Gasteiger partial charge in [-0.15, -0.1) is 0 Å². The van der Waals surface area contributed by atoms with Crippen molar-refractivity contribution in [2.24, 2.45) is 0 Å². The van der Waals surface area contributed by atoms with Crippen molar-refractivity contribution in [2.45, 2.75) is 13.5 Å². The Hall–Kier alpha value is -2.37. The number of aromatic hydroxyl groups is 1. The normalized spacial score (nSPS) is 10.6. The number of halogens is 1. The van der Waals surface area contributed by atoms with Crippen molar-refractivity contribution >= 4 is 0 Å². The lowest BCUT2D eigenvalue weighted by atomic mass is 10.2. The Morgan fingerprint density at radius 1 is 1.28 bits per heavy atom. The molecule has 2 rings (SSSR count). The Kier molecular flexibility index (Phi) is 3.01. The van der Waals surface area contributed by atoms with Crippen LogP contribution in [0.25, 0.3) is 0 Å². The van der Waals surface area contributed by atoms with Crippen molar-refractivity contribution in [1.82, 2.24) is 9.55 Å². The van der Waals surface area contributed by atoms with Gasteiger partial charge in [-0.25, -0.2) is 9.18 Å². The summed E-state index contributed by atoms with van der Waals surface area (Å²) in [7, 11) is 0. The van der Waals surface area contributed by atoms with Gasteiger partial charge in [-0.05, 0) is 24.6 Å². The summed E-state index contributed by atoms with van der Waals surface area (Å²) < 4.78 is 13.8. The summed E-state index contributed by atoms with van der Waals surface area (Å²) in [6.45, 7) is 1.47. The molecule has 0 atom stereocenters. The quantitative estimate of drug-likeness (QED) is 0.825. The van der Waals surface area contributed by atoms with E-state index in [2.05, 4.69) is 4.98 Å². The van der Waals surface area contributed by atoms with Crippen LogP contribution in [-0.2, 0) is 6.54 Å². The van der Waals surface area contributed by atoms with Gasteiger partial charge in [-0.2, -0.15) is 0 Å². The zero-order chi connectivity index (χ0) is 13.3. The number of aromatic amines is 1. The van der Waals surface area contributed by atoms with Gasteiger partial charge in [0.1, 0.15) is 5.82 Å². The highest BCUT2D eigenvalue weighted by molar-refractivity contribution is 5.23. The Morgan fingerprint density at radius 3 is 2.50 bits per heavy atom. The number of hydrogen-bond acceptors (Lipinski definition) is 3. The summed E-state index contributed by atoms with van der Waals surface area (Å²) >= 11 is 0. The van der Waals surface area contributed by atoms with E-state index in [1.807, 2.05) is 0 Å². The van der Waals surface area contributed by atoms with E-state index in [-0.39, 0.29) is 23.8 Å². The molecule has 0 bridgehead atoms. The Morgan fingerprint density at radius 2 is 1.89 bits per heavy atom. The fraction of sp³-hybridized carbons (Fsp3) is 0.167. The third kappa shape index (κ3) is 2.17. The van der Waals surface area contributed by atoms with Gasteiger partial charge >= 0.3 is 5.69 Å². The van der Waals surface area contributed by atoms with Gasteiger partial charge in [-0.3, -0.25) is 14.3 Å². The van der Waals surface area contributed by atoms with E-state index in [9.17, 15) is 19.1 Å². The molecule has 0 amide bonds. The van der Waals surface area contributed by atoms with Gasteiger partial charge in [0.2, 0.25) is 5.88 Å². The monoisotopic (exact) mass is 250 g/mol. The Labute approximate surface area is 101 Å². The number of nitrogens with one attached hydrogen (secondary N) is 1. The molecule has 18 heavy (non-hydrogen) atoms. The largest absolute Gasteiger partial charge is 0.494 e. The molecule has 0 fully saturated rings. The molecule has 94 valence electrons. The van der Waals surface area contributed by atoms with E-state index in [0.29, 0.717) is 5.56 Å². The number of aromatic nitrogens is 2. The van der Waals surface area contributed by atoms with Crippen molar-refractivity contribution in [1.29, 1.82) is 0 Å². The zero-order valence-corrected chi connectivity index (χ0v) is 9.61. The van der Waals surface area contributed by atoms with Gasteiger partial charge in [0.25, 0.3) is 5.56 Å². The smallest absolute Gasteiger partial charge is 0.331 e. The van der Waals surface area contributed by atoms with Crippen LogP contribution in [0.3, 0.4) is 0 Å². The zero-order valence-electron chi connectivity index (χ0n) is 9.61. The highest BCUT2D eigenvalue weighted by atomic mass is 19.1. The highest BCUT2D eigenvalue weighted by Crippen LogP contribution is 2.11. The van der Waals surface area contributed by atoms with E-state index in [1.165, 1.54) is 31.2 Å². The van der Waals surface area contributed by atoms with Crippen LogP contribution < -0.4 is 11.2 Å². The van der Waals surface area contributed by atoms with Crippen LogP contribution in [0, 0.1) is 12.7 Å². The summed E-state index contributed by atoms with van der Waals surface area (Å²) in [6, 6.07) is 5.52. The molecule has 0 aliphatic carbocycles. The van der Waals surface area contributed by atoms with Crippen LogP contribution in [-0.4, -0.2) is 14.7 Å². The number of H-pyrrole nitrogens is 1. The average molecular weight is 250 g/mol. The minimum atomic E-state index is -0.701. The van der Waals surface area contributed by atoms with E-state index in [1.54, 1.807) is 0 Å². The van der Waals surface area contributed by atoms with E-state index < -0.39 is 11.2 Å². The lowest BCUT2D eigenvalue weighted by Gasteiger charge is -2.09. The first kappa shape index (κ1) is 12.1. The van der Waals surface area contributed by atoms with Crippen molar-refractivity contribution < 1.29 is 9.50 Å². The summed E-state index contributed by atoms with van der Waals surface area (Å²) in [5.41, 5.74) is -0.614. The second-order valence-electron chi connectivity index (χ2n) is 3.92. The number of hydrogen-bond donors (Lipinski definition) is 2. The van der Waals surface area contributed by atoms with Crippen LogP contribution in [0.1, 0.15) is 11.1 Å². The summed E-state index contributed by atoms with van der Waals surface area (Å²) in [5.74, 6) is -0.763. The molecule has 2 N–H and O–H groups in total. The number of rotatable bonds is 2. The van der Waals surface area contributed by atoms with Crippen LogP contribution in [0.2, 0.25) is 0 Å². The summed E-state index contributed by atoms with van der Waals surface area (Å²) in [5, 5.41) is 9.74. The minimum absolute atomic E-state index is 0.0581. The molecule has 0 saturated carbocycles. The predicted molar refractivity (Wildman–Crippen MR) is 63.2 cm³/mol. The topological polar surface area (TPSA) is 75.1 Å². The minimum Gasteiger partial charge on any atom is -0.494 e. The van der Waals surface area contributed by atoms with Crippen molar-refractivity contribution in [3.63, 3.8) is 0 Å². The molecule has 0 spiro atoms. The van der Waals surface area contributed by atoms with Gasteiger partial charge in [0.05, 0.1) is 12.1 Å². The second-order valence-corrected chi connectivity index (χ2v) is 3.92. The summed E-state index contributed by atoms with van der Waals surface area (Å²) in [6.07, 6.45) is 0. The molecule has 0 saturated heterocycles. The second kappa shape index (κ2) is 4.48. The van der Waals surface area contributed by atoms with Crippen LogP contribution >= 0.6 is 0 Å². The van der Waals surface area contributed by atoms with Gasteiger partial charge in [-0.1, -0.05) is 12.1 Å². The van der Waals surface area contributed by atoms with Crippen molar-refractivity contribution in [3.05, 3.63) is 62.0 Å². The molecule has 6 heteroatoms. The van der Waals surface area contributed by atoms with Gasteiger partial charge in [0.15, 0.2) is 0 Å².